The predicted molar refractivity (Wildman–Crippen MR) is 60.9 cm³/mol. The summed E-state index contributed by atoms with van der Waals surface area (Å²) in [7, 11) is 0. The van der Waals surface area contributed by atoms with Gasteiger partial charge in [0.05, 0.1) is 0 Å². The van der Waals surface area contributed by atoms with E-state index in [0.29, 0.717) is 3.92 Å². The molecule has 1 atom stereocenters. The maximum absolute atomic E-state index is 4.24. The molecule has 3 heteroatoms. The number of aryl methyl sites for hydroxylation is 1. The second-order valence-electron chi connectivity index (χ2n) is 2.88. The fourth-order valence-corrected chi connectivity index (χ4v) is 1.04. The van der Waals surface area contributed by atoms with Crippen LogP contribution in [0.2, 0.25) is 0 Å². The van der Waals surface area contributed by atoms with Gasteiger partial charge in [-0.25, -0.2) is 4.98 Å². The van der Waals surface area contributed by atoms with Gasteiger partial charge in [0.1, 0.15) is 5.82 Å². The first kappa shape index (κ1) is 9.77. The lowest BCUT2D eigenvalue weighted by molar-refractivity contribution is 1.02. The molecule has 0 saturated carbocycles. The quantitative estimate of drug-likeness (QED) is 0.678. The Morgan fingerprint density at radius 2 is 2.33 bits per heavy atom. The summed E-state index contributed by atoms with van der Waals surface area (Å²) in [5.41, 5.74) is 1.20. The van der Waals surface area contributed by atoms with Gasteiger partial charge in [-0.1, -0.05) is 35.6 Å². The highest BCUT2D eigenvalue weighted by atomic mass is 127. The molecule has 2 nitrogen and oxygen atoms in total. The molecule has 66 valence electrons. The average Bonchev–Trinajstić information content (AvgIpc) is 2.03. The van der Waals surface area contributed by atoms with Crippen LogP contribution in [-0.2, 0) is 0 Å². The third-order valence-electron chi connectivity index (χ3n) is 1.48. The molecule has 0 aliphatic carbocycles. The van der Waals surface area contributed by atoms with Crippen LogP contribution in [0.5, 0.6) is 0 Å². The number of nitrogens with zero attached hydrogens (tertiary/aromatic N) is 1. The molecule has 0 amide bonds. The van der Waals surface area contributed by atoms with Crippen molar-refractivity contribution in [1.29, 1.82) is 0 Å². The normalized spacial score (nSPS) is 12.6. The fraction of sp³-hybridized carbons (Fsp3) is 0.444. The number of rotatable bonds is 3. The number of anilines is 1. The van der Waals surface area contributed by atoms with E-state index in [2.05, 4.69) is 45.9 Å². The summed E-state index contributed by atoms with van der Waals surface area (Å²) in [6.45, 7) is 5.18. The molecule has 0 fully saturated rings. The number of halogens is 1. The second kappa shape index (κ2) is 4.64. The topological polar surface area (TPSA) is 24.9 Å². The van der Waals surface area contributed by atoms with E-state index in [-0.39, 0.29) is 0 Å². The fourth-order valence-electron chi connectivity index (χ4n) is 0.818. The summed E-state index contributed by atoms with van der Waals surface area (Å²) >= 11 is 2.39. The molecule has 0 spiro atoms. The number of pyridine rings is 1. The number of hydrogen-bond acceptors (Lipinski definition) is 2. The minimum absolute atomic E-state index is 0.630. The van der Waals surface area contributed by atoms with E-state index in [1.54, 1.807) is 0 Å². The van der Waals surface area contributed by atoms with Crippen LogP contribution in [0.3, 0.4) is 0 Å². The van der Waals surface area contributed by atoms with Crippen molar-refractivity contribution in [3.63, 3.8) is 0 Å². The van der Waals surface area contributed by atoms with Crippen LogP contribution in [0.4, 0.5) is 5.82 Å². The summed E-state index contributed by atoms with van der Waals surface area (Å²) in [6, 6.07) is 4.07. The molecule has 0 bridgehead atoms. The van der Waals surface area contributed by atoms with Crippen molar-refractivity contribution >= 4 is 28.4 Å². The van der Waals surface area contributed by atoms with Crippen LogP contribution in [0.25, 0.3) is 0 Å². The number of alkyl halides is 1. The van der Waals surface area contributed by atoms with Gasteiger partial charge in [0.2, 0.25) is 0 Å². The van der Waals surface area contributed by atoms with Crippen LogP contribution < -0.4 is 5.32 Å². The lowest BCUT2D eigenvalue weighted by Gasteiger charge is -2.06. The Bertz CT molecular complexity index is 231. The Hall–Kier alpha value is -0.320. The van der Waals surface area contributed by atoms with Crippen molar-refractivity contribution in [1.82, 2.24) is 4.98 Å². The van der Waals surface area contributed by atoms with Crippen LogP contribution in [0, 0.1) is 6.92 Å². The second-order valence-corrected chi connectivity index (χ2v) is 5.01. The maximum atomic E-state index is 4.24. The zero-order chi connectivity index (χ0) is 8.97. The summed E-state index contributed by atoms with van der Waals surface area (Å²) in [5, 5.41) is 3.25. The first-order valence-corrected chi connectivity index (χ1v) is 5.23. The van der Waals surface area contributed by atoms with Gasteiger partial charge in [0.15, 0.2) is 0 Å². The standard InChI is InChI=1S/C9H13IN2/c1-7-3-4-9(11-5-7)12-6-8(2)10/h3-5,8H,6H2,1-2H3,(H,11,12). The van der Waals surface area contributed by atoms with E-state index in [1.165, 1.54) is 5.56 Å². The number of hydrogen-bond donors (Lipinski definition) is 1. The van der Waals surface area contributed by atoms with Gasteiger partial charge in [-0.05, 0) is 18.6 Å². The highest BCUT2D eigenvalue weighted by molar-refractivity contribution is 14.1. The average molecular weight is 276 g/mol. The summed E-state index contributed by atoms with van der Waals surface area (Å²) in [4.78, 5) is 4.24. The van der Waals surface area contributed by atoms with Gasteiger partial charge in [-0.3, -0.25) is 0 Å². The molecule has 1 rings (SSSR count). The van der Waals surface area contributed by atoms with E-state index in [1.807, 2.05) is 19.2 Å². The first-order chi connectivity index (χ1) is 5.68. The van der Waals surface area contributed by atoms with Gasteiger partial charge in [-0.15, -0.1) is 0 Å². The number of aromatic nitrogens is 1. The molecular weight excluding hydrogens is 263 g/mol. The van der Waals surface area contributed by atoms with E-state index in [4.69, 9.17) is 0 Å². The van der Waals surface area contributed by atoms with Gasteiger partial charge in [-0.2, -0.15) is 0 Å². The third-order valence-corrected chi connectivity index (χ3v) is 1.92. The Labute approximate surface area is 86.9 Å². The Morgan fingerprint density at radius 1 is 1.58 bits per heavy atom. The van der Waals surface area contributed by atoms with Gasteiger partial charge < -0.3 is 5.32 Å². The largest absolute Gasteiger partial charge is 0.369 e. The Kier molecular flexibility index (Phi) is 3.78. The van der Waals surface area contributed by atoms with Crippen molar-refractivity contribution in [3.05, 3.63) is 23.9 Å². The molecule has 0 aliphatic rings. The maximum Gasteiger partial charge on any atom is 0.125 e. The van der Waals surface area contributed by atoms with Crippen LogP contribution in [0.15, 0.2) is 18.3 Å². The minimum Gasteiger partial charge on any atom is -0.369 e. The van der Waals surface area contributed by atoms with Crippen molar-refractivity contribution in [2.24, 2.45) is 0 Å². The molecule has 1 unspecified atom stereocenters. The highest BCUT2D eigenvalue weighted by Gasteiger charge is 1.95. The van der Waals surface area contributed by atoms with E-state index in [0.717, 1.165) is 12.4 Å². The lowest BCUT2D eigenvalue weighted by Crippen LogP contribution is -2.10. The lowest BCUT2D eigenvalue weighted by atomic mass is 10.3. The van der Waals surface area contributed by atoms with Gasteiger partial charge in [0.25, 0.3) is 0 Å². The molecule has 1 heterocycles. The van der Waals surface area contributed by atoms with E-state index in [9.17, 15) is 0 Å². The monoisotopic (exact) mass is 276 g/mol. The molecule has 0 aliphatic heterocycles. The van der Waals surface area contributed by atoms with Crippen molar-refractivity contribution < 1.29 is 0 Å². The van der Waals surface area contributed by atoms with Gasteiger partial charge in [0, 0.05) is 16.7 Å². The number of nitrogens with one attached hydrogen (secondary N) is 1. The van der Waals surface area contributed by atoms with Crippen molar-refractivity contribution in [2.45, 2.75) is 17.8 Å². The molecule has 0 aromatic carbocycles. The van der Waals surface area contributed by atoms with Crippen LogP contribution in [-0.4, -0.2) is 15.5 Å². The first-order valence-electron chi connectivity index (χ1n) is 3.99. The summed E-state index contributed by atoms with van der Waals surface area (Å²) in [5.74, 6) is 0.962. The molecule has 12 heavy (non-hydrogen) atoms. The smallest absolute Gasteiger partial charge is 0.125 e. The van der Waals surface area contributed by atoms with Crippen molar-refractivity contribution in [2.75, 3.05) is 11.9 Å². The molecular formula is C9H13IN2. The molecule has 1 aromatic heterocycles. The Balaban J connectivity index is 2.48. The van der Waals surface area contributed by atoms with Crippen molar-refractivity contribution in [3.8, 4) is 0 Å². The van der Waals surface area contributed by atoms with Crippen LogP contribution in [0.1, 0.15) is 12.5 Å². The predicted octanol–water partition coefficient (Wildman–Crippen LogP) is 2.63. The zero-order valence-corrected chi connectivity index (χ0v) is 9.50. The third kappa shape index (κ3) is 3.38. The van der Waals surface area contributed by atoms with E-state index < -0.39 is 0 Å². The summed E-state index contributed by atoms with van der Waals surface area (Å²) < 4.78 is 0.630. The van der Waals surface area contributed by atoms with Crippen LogP contribution >= 0.6 is 22.6 Å². The zero-order valence-electron chi connectivity index (χ0n) is 7.34. The highest BCUT2D eigenvalue weighted by Crippen LogP contribution is 2.05. The molecule has 1 aromatic rings. The minimum atomic E-state index is 0.630. The molecule has 0 radical (unpaired) electrons. The molecule has 1 N–H and O–H groups in total. The Morgan fingerprint density at radius 3 is 2.83 bits per heavy atom. The SMILES string of the molecule is Cc1ccc(NCC(C)I)nc1. The molecule has 0 saturated heterocycles. The summed E-state index contributed by atoms with van der Waals surface area (Å²) in [6.07, 6.45) is 1.88. The van der Waals surface area contributed by atoms with E-state index >= 15 is 0 Å². The van der Waals surface area contributed by atoms with Gasteiger partial charge >= 0.3 is 0 Å².